The molecule has 2 rings (SSSR count). The molecule has 1 N–H and O–H groups in total. The molecule has 0 atom stereocenters. The van der Waals surface area contributed by atoms with Crippen LogP contribution in [-0.4, -0.2) is 27.6 Å². The van der Waals surface area contributed by atoms with Crippen molar-refractivity contribution < 1.29 is 13.2 Å². The number of rotatable bonds is 4. The fourth-order valence-corrected chi connectivity index (χ4v) is 2.55. The topological polar surface area (TPSA) is 66.5 Å². The number of nitrogens with zero attached hydrogens (tertiary/aromatic N) is 1. The molecule has 2 aromatic carbocycles. The molecule has 0 unspecified atom stereocenters. The largest absolute Gasteiger partial charge is 0.322 e. The predicted molar refractivity (Wildman–Crippen MR) is 88.8 cm³/mol. The van der Waals surface area contributed by atoms with Gasteiger partial charge in [0.1, 0.15) is 0 Å². The zero-order valence-electron chi connectivity index (χ0n) is 12.7. The maximum absolute atomic E-state index is 12.3. The zero-order valence-corrected chi connectivity index (χ0v) is 13.5. The summed E-state index contributed by atoms with van der Waals surface area (Å²) in [4.78, 5) is 12.3. The van der Waals surface area contributed by atoms with Crippen molar-refractivity contribution in [2.45, 2.75) is 6.92 Å². The van der Waals surface area contributed by atoms with E-state index in [4.69, 9.17) is 0 Å². The lowest BCUT2D eigenvalue weighted by Gasteiger charge is -2.19. The number of hydrogen-bond acceptors (Lipinski definition) is 3. The SMILES string of the molecule is Cc1ccc(C(=O)Nc2ccccc2)cc1N(C)S(C)(=O)=O. The van der Waals surface area contributed by atoms with Crippen LogP contribution in [0.25, 0.3) is 0 Å². The van der Waals surface area contributed by atoms with Crippen LogP contribution >= 0.6 is 0 Å². The van der Waals surface area contributed by atoms with Gasteiger partial charge in [0.2, 0.25) is 10.0 Å². The first-order valence-corrected chi connectivity index (χ1v) is 8.55. The molecule has 0 saturated carbocycles. The van der Waals surface area contributed by atoms with Gasteiger partial charge in [-0.05, 0) is 36.8 Å². The van der Waals surface area contributed by atoms with E-state index in [2.05, 4.69) is 5.32 Å². The van der Waals surface area contributed by atoms with Crippen LogP contribution in [-0.2, 0) is 10.0 Å². The third-order valence-electron chi connectivity index (χ3n) is 3.34. The Morgan fingerprint density at radius 3 is 2.32 bits per heavy atom. The summed E-state index contributed by atoms with van der Waals surface area (Å²) >= 11 is 0. The van der Waals surface area contributed by atoms with Crippen molar-refractivity contribution in [1.82, 2.24) is 0 Å². The molecule has 0 bridgehead atoms. The number of hydrogen-bond donors (Lipinski definition) is 1. The number of sulfonamides is 1. The quantitative estimate of drug-likeness (QED) is 0.942. The molecule has 2 aromatic rings. The highest BCUT2D eigenvalue weighted by Gasteiger charge is 2.16. The Morgan fingerprint density at radius 2 is 1.73 bits per heavy atom. The Morgan fingerprint density at radius 1 is 1.09 bits per heavy atom. The van der Waals surface area contributed by atoms with Crippen LogP contribution in [0.1, 0.15) is 15.9 Å². The minimum Gasteiger partial charge on any atom is -0.322 e. The summed E-state index contributed by atoms with van der Waals surface area (Å²) in [7, 11) is -1.91. The third-order valence-corrected chi connectivity index (χ3v) is 4.53. The van der Waals surface area contributed by atoms with Gasteiger partial charge in [-0.25, -0.2) is 8.42 Å². The summed E-state index contributed by atoms with van der Waals surface area (Å²) in [6.45, 7) is 1.80. The number of benzene rings is 2. The Labute approximate surface area is 130 Å². The van der Waals surface area contributed by atoms with Gasteiger partial charge in [-0.2, -0.15) is 0 Å². The maximum Gasteiger partial charge on any atom is 0.255 e. The van der Waals surface area contributed by atoms with E-state index in [-0.39, 0.29) is 5.91 Å². The Hall–Kier alpha value is -2.34. The molecular weight excluding hydrogens is 300 g/mol. The third kappa shape index (κ3) is 3.65. The van der Waals surface area contributed by atoms with Crippen molar-refractivity contribution in [3.8, 4) is 0 Å². The molecule has 0 aliphatic carbocycles. The summed E-state index contributed by atoms with van der Waals surface area (Å²) < 4.78 is 24.5. The second-order valence-corrected chi connectivity index (χ2v) is 7.07. The summed E-state index contributed by atoms with van der Waals surface area (Å²) in [5, 5.41) is 2.78. The predicted octanol–water partition coefficient (Wildman–Crippen LogP) is 2.64. The van der Waals surface area contributed by atoms with Gasteiger partial charge in [-0.3, -0.25) is 9.10 Å². The molecule has 6 heteroatoms. The molecule has 22 heavy (non-hydrogen) atoms. The highest BCUT2D eigenvalue weighted by Crippen LogP contribution is 2.23. The summed E-state index contributed by atoms with van der Waals surface area (Å²) in [6.07, 6.45) is 1.13. The van der Waals surface area contributed by atoms with E-state index in [1.165, 1.54) is 11.4 Å². The first-order valence-electron chi connectivity index (χ1n) is 6.70. The molecule has 0 saturated heterocycles. The molecule has 116 valence electrons. The lowest BCUT2D eigenvalue weighted by atomic mass is 10.1. The second kappa shape index (κ2) is 6.19. The lowest BCUT2D eigenvalue weighted by Crippen LogP contribution is -2.26. The average Bonchev–Trinajstić information content (AvgIpc) is 2.47. The van der Waals surface area contributed by atoms with E-state index >= 15 is 0 Å². The summed E-state index contributed by atoms with van der Waals surface area (Å²) in [5.41, 5.74) is 2.36. The van der Waals surface area contributed by atoms with Gasteiger partial charge in [-0.15, -0.1) is 0 Å². The van der Waals surface area contributed by atoms with E-state index < -0.39 is 10.0 Å². The second-order valence-electron chi connectivity index (χ2n) is 5.05. The van der Waals surface area contributed by atoms with E-state index in [1.807, 2.05) is 18.2 Å². The smallest absolute Gasteiger partial charge is 0.255 e. The molecular formula is C16H18N2O3S. The van der Waals surface area contributed by atoms with Crippen LogP contribution in [0.5, 0.6) is 0 Å². The zero-order chi connectivity index (χ0) is 16.3. The molecule has 0 aliphatic rings. The number of para-hydroxylation sites is 1. The maximum atomic E-state index is 12.3. The van der Waals surface area contributed by atoms with Crippen LogP contribution in [0.15, 0.2) is 48.5 Å². The molecule has 0 radical (unpaired) electrons. The first kappa shape index (κ1) is 16.0. The van der Waals surface area contributed by atoms with E-state index in [0.717, 1.165) is 11.8 Å². The molecule has 0 heterocycles. The minimum atomic E-state index is -3.38. The molecule has 0 fully saturated rings. The Kier molecular flexibility index (Phi) is 4.51. The molecule has 1 amide bonds. The van der Waals surface area contributed by atoms with Gasteiger partial charge in [0.05, 0.1) is 11.9 Å². The van der Waals surface area contributed by atoms with Gasteiger partial charge >= 0.3 is 0 Å². The van der Waals surface area contributed by atoms with Crippen LogP contribution in [0.3, 0.4) is 0 Å². The van der Waals surface area contributed by atoms with Crippen LogP contribution < -0.4 is 9.62 Å². The minimum absolute atomic E-state index is 0.283. The Bertz CT molecular complexity index is 786. The first-order chi connectivity index (χ1) is 10.3. The highest BCUT2D eigenvalue weighted by molar-refractivity contribution is 7.92. The number of aryl methyl sites for hydroxylation is 1. The normalized spacial score (nSPS) is 11.0. The van der Waals surface area contributed by atoms with E-state index in [0.29, 0.717) is 16.9 Å². The Balaban J connectivity index is 2.31. The van der Waals surface area contributed by atoms with Crippen molar-refractivity contribution >= 4 is 27.3 Å². The highest BCUT2D eigenvalue weighted by atomic mass is 32.2. The van der Waals surface area contributed by atoms with Gasteiger partial charge in [-0.1, -0.05) is 24.3 Å². The number of anilines is 2. The summed E-state index contributed by atoms with van der Waals surface area (Å²) in [6, 6.07) is 14.1. The number of nitrogens with one attached hydrogen (secondary N) is 1. The summed E-state index contributed by atoms with van der Waals surface area (Å²) in [5.74, 6) is -0.283. The van der Waals surface area contributed by atoms with Crippen molar-refractivity contribution in [3.63, 3.8) is 0 Å². The molecule has 5 nitrogen and oxygen atoms in total. The van der Waals surface area contributed by atoms with Gasteiger partial charge in [0.25, 0.3) is 5.91 Å². The van der Waals surface area contributed by atoms with Crippen LogP contribution in [0, 0.1) is 6.92 Å². The van der Waals surface area contributed by atoms with Gasteiger partial charge < -0.3 is 5.32 Å². The fourth-order valence-electron chi connectivity index (χ4n) is 1.99. The van der Waals surface area contributed by atoms with Crippen molar-refractivity contribution in [1.29, 1.82) is 0 Å². The van der Waals surface area contributed by atoms with Crippen LogP contribution in [0.2, 0.25) is 0 Å². The monoisotopic (exact) mass is 318 g/mol. The fraction of sp³-hybridized carbons (Fsp3) is 0.188. The molecule has 0 spiro atoms. The standard InChI is InChI=1S/C16H18N2O3S/c1-12-9-10-13(11-15(12)18(2)22(3,20)21)16(19)17-14-7-5-4-6-8-14/h4-11H,1-3H3,(H,17,19). The molecule has 0 aliphatic heterocycles. The van der Waals surface area contributed by atoms with Gasteiger partial charge in [0.15, 0.2) is 0 Å². The number of carbonyl (C=O) groups is 1. The van der Waals surface area contributed by atoms with E-state index in [1.54, 1.807) is 37.3 Å². The van der Waals surface area contributed by atoms with Crippen molar-refractivity contribution in [2.24, 2.45) is 0 Å². The number of amides is 1. The number of carbonyl (C=O) groups excluding carboxylic acids is 1. The van der Waals surface area contributed by atoms with Crippen LogP contribution in [0.4, 0.5) is 11.4 Å². The van der Waals surface area contributed by atoms with E-state index in [9.17, 15) is 13.2 Å². The van der Waals surface area contributed by atoms with Crippen molar-refractivity contribution in [3.05, 3.63) is 59.7 Å². The van der Waals surface area contributed by atoms with Gasteiger partial charge in [0, 0.05) is 18.3 Å². The molecule has 0 aromatic heterocycles. The lowest BCUT2D eigenvalue weighted by molar-refractivity contribution is 0.102. The van der Waals surface area contributed by atoms with Crippen molar-refractivity contribution in [2.75, 3.05) is 22.9 Å². The average molecular weight is 318 g/mol.